The van der Waals surface area contributed by atoms with Gasteiger partial charge < -0.3 is 9.64 Å². The molecule has 0 unspecified atom stereocenters. The van der Waals surface area contributed by atoms with Crippen molar-refractivity contribution >= 4 is 28.2 Å². The summed E-state index contributed by atoms with van der Waals surface area (Å²) in [5, 5.41) is 1.16. The number of pyridine rings is 1. The van der Waals surface area contributed by atoms with E-state index in [0.717, 1.165) is 40.0 Å². The lowest BCUT2D eigenvalue weighted by atomic mass is 9.99. The molecule has 2 aromatic heterocycles. The number of ether oxygens (including phenoxy) is 1. The Hall–Kier alpha value is -3.09. The van der Waals surface area contributed by atoms with E-state index in [2.05, 4.69) is 25.9 Å². The minimum absolute atomic E-state index is 0.0657. The molecule has 4 aromatic rings. The van der Waals surface area contributed by atoms with Crippen LogP contribution in [0.4, 0.5) is 10.1 Å². The highest BCUT2D eigenvalue weighted by Gasteiger charge is 2.24. The number of aromatic nitrogens is 3. The summed E-state index contributed by atoms with van der Waals surface area (Å²) in [5.74, 6) is 0.299. The summed E-state index contributed by atoms with van der Waals surface area (Å²) >= 11 is 5.99. The van der Waals surface area contributed by atoms with Gasteiger partial charge in [-0.3, -0.25) is 4.98 Å². The molecule has 1 aliphatic rings. The van der Waals surface area contributed by atoms with E-state index in [1.807, 2.05) is 38.2 Å². The average molecular weight is 449 g/mol. The Labute approximate surface area is 190 Å². The largest absolute Gasteiger partial charge is 0.370 e. The fourth-order valence-corrected chi connectivity index (χ4v) is 4.34. The first kappa shape index (κ1) is 20.8. The fraction of sp³-hybridized carbons (Fsp3) is 0.240. The number of benzene rings is 2. The van der Waals surface area contributed by atoms with Gasteiger partial charge in [-0.2, -0.15) is 0 Å². The lowest BCUT2D eigenvalue weighted by Gasteiger charge is -2.35. The van der Waals surface area contributed by atoms with Crippen LogP contribution in [0.2, 0.25) is 5.02 Å². The molecule has 0 saturated carbocycles. The summed E-state index contributed by atoms with van der Waals surface area (Å²) in [5.41, 5.74) is 5.03. The van der Waals surface area contributed by atoms with E-state index in [9.17, 15) is 4.39 Å². The molecule has 1 atom stereocenters. The Morgan fingerprint density at radius 2 is 1.94 bits per heavy atom. The Morgan fingerprint density at radius 1 is 1.06 bits per heavy atom. The van der Waals surface area contributed by atoms with Gasteiger partial charge in [-0.05, 0) is 67.4 Å². The molecule has 0 amide bonds. The van der Waals surface area contributed by atoms with Crippen LogP contribution in [-0.4, -0.2) is 34.6 Å². The molecule has 2 aromatic carbocycles. The molecular weight excluding hydrogens is 427 g/mol. The molecule has 5 rings (SSSR count). The van der Waals surface area contributed by atoms with Crippen molar-refractivity contribution in [2.24, 2.45) is 0 Å². The lowest BCUT2D eigenvalue weighted by Crippen LogP contribution is -2.38. The summed E-state index contributed by atoms with van der Waals surface area (Å²) in [4.78, 5) is 15.5. The normalized spacial score (nSPS) is 16.5. The summed E-state index contributed by atoms with van der Waals surface area (Å²) in [7, 11) is 0. The topological polar surface area (TPSA) is 51.1 Å². The minimum atomic E-state index is -0.372. The van der Waals surface area contributed by atoms with Gasteiger partial charge in [0.15, 0.2) is 0 Å². The van der Waals surface area contributed by atoms with E-state index in [1.54, 1.807) is 18.3 Å². The molecule has 3 heterocycles. The van der Waals surface area contributed by atoms with Gasteiger partial charge in [0.1, 0.15) is 17.7 Å². The maximum atomic E-state index is 14.9. The molecule has 1 aliphatic heterocycles. The van der Waals surface area contributed by atoms with Crippen LogP contribution >= 0.6 is 11.6 Å². The standard InChI is InChI=1S/C25H22ClFN4O/c1-15-9-17(5-6-28-15)25-14-31(7-8-32-25)19-11-21(20-4-3-18(26)10-23(20)27)22-13-29-16(2)30-24(22)12-19/h3-6,9-13,25H,7-8,14H2,1-2H3/t25-/m1/s1. The Balaban J connectivity index is 1.59. The highest BCUT2D eigenvalue weighted by molar-refractivity contribution is 6.30. The van der Waals surface area contributed by atoms with Crippen molar-refractivity contribution < 1.29 is 9.13 Å². The summed E-state index contributed by atoms with van der Waals surface area (Å²) < 4.78 is 20.9. The third-order valence-electron chi connectivity index (χ3n) is 5.75. The second kappa shape index (κ2) is 8.45. The molecule has 5 nitrogen and oxygen atoms in total. The van der Waals surface area contributed by atoms with Crippen molar-refractivity contribution in [1.29, 1.82) is 0 Å². The molecule has 0 bridgehead atoms. The van der Waals surface area contributed by atoms with Crippen LogP contribution in [0.25, 0.3) is 22.0 Å². The number of aryl methyl sites for hydroxylation is 2. The number of anilines is 1. The Bertz CT molecular complexity index is 1310. The SMILES string of the molecule is Cc1cc([C@H]2CN(c3cc(-c4ccc(Cl)cc4F)c4cnc(C)nc4c3)CCO2)ccn1. The van der Waals surface area contributed by atoms with Crippen molar-refractivity contribution in [2.75, 3.05) is 24.6 Å². The van der Waals surface area contributed by atoms with E-state index in [0.29, 0.717) is 29.6 Å². The van der Waals surface area contributed by atoms with Crippen LogP contribution in [0.15, 0.2) is 54.9 Å². The Morgan fingerprint density at radius 3 is 2.75 bits per heavy atom. The van der Waals surface area contributed by atoms with Gasteiger partial charge in [0.25, 0.3) is 0 Å². The van der Waals surface area contributed by atoms with Crippen molar-refractivity contribution in [1.82, 2.24) is 15.0 Å². The first-order valence-electron chi connectivity index (χ1n) is 10.5. The number of hydrogen-bond donors (Lipinski definition) is 0. The summed E-state index contributed by atoms with van der Waals surface area (Å²) in [6.07, 6.45) is 3.50. The third kappa shape index (κ3) is 4.04. The number of morpholine rings is 1. The molecule has 0 N–H and O–H groups in total. The van der Waals surface area contributed by atoms with E-state index < -0.39 is 0 Å². The molecule has 32 heavy (non-hydrogen) atoms. The zero-order chi connectivity index (χ0) is 22.2. The molecule has 162 valence electrons. The zero-order valence-corrected chi connectivity index (χ0v) is 18.6. The van der Waals surface area contributed by atoms with Crippen molar-refractivity contribution in [2.45, 2.75) is 20.0 Å². The number of rotatable bonds is 3. The van der Waals surface area contributed by atoms with Gasteiger partial charge >= 0.3 is 0 Å². The highest BCUT2D eigenvalue weighted by Crippen LogP contribution is 2.36. The van der Waals surface area contributed by atoms with Crippen LogP contribution < -0.4 is 4.90 Å². The molecule has 1 fully saturated rings. The summed E-state index contributed by atoms with van der Waals surface area (Å²) in [6.45, 7) is 5.84. The maximum absolute atomic E-state index is 14.9. The van der Waals surface area contributed by atoms with Gasteiger partial charge in [0, 0.05) is 52.8 Å². The number of nitrogens with zero attached hydrogens (tertiary/aromatic N) is 4. The quantitative estimate of drug-likeness (QED) is 0.403. The minimum Gasteiger partial charge on any atom is -0.370 e. The van der Waals surface area contributed by atoms with E-state index in [4.69, 9.17) is 16.3 Å². The van der Waals surface area contributed by atoms with E-state index in [-0.39, 0.29) is 11.9 Å². The van der Waals surface area contributed by atoms with Crippen LogP contribution in [0, 0.1) is 19.7 Å². The summed E-state index contributed by atoms with van der Waals surface area (Å²) in [6, 6.07) is 12.8. The van der Waals surface area contributed by atoms with E-state index >= 15 is 0 Å². The van der Waals surface area contributed by atoms with Crippen LogP contribution in [-0.2, 0) is 4.74 Å². The van der Waals surface area contributed by atoms with Gasteiger partial charge in [-0.15, -0.1) is 0 Å². The third-order valence-corrected chi connectivity index (χ3v) is 5.99. The second-order valence-corrected chi connectivity index (χ2v) is 8.44. The second-order valence-electron chi connectivity index (χ2n) is 8.00. The number of fused-ring (bicyclic) bond motifs is 1. The zero-order valence-electron chi connectivity index (χ0n) is 17.8. The first-order chi connectivity index (χ1) is 15.5. The van der Waals surface area contributed by atoms with Crippen molar-refractivity contribution in [3.8, 4) is 11.1 Å². The van der Waals surface area contributed by atoms with Crippen LogP contribution in [0.1, 0.15) is 23.2 Å². The highest BCUT2D eigenvalue weighted by atomic mass is 35.5. The monoisotopic (exact) mass is 448 g/mol. The molecule has 0 radical (unpaired) electrons. The number of halogens is 2. The Kier molecular flexibility index (Phi) is 5.49. The van der Waals surface area contributed by atoms with Gasteiger partial charge in [-0.1, -0.05) is 11.6 Å². The number of hydrogen-bond acceptors (Lipinski definition) is 5. The molecule has 0 spiro atoms. The van der Waals surface area contributed by atoms with Crippen molar-refractivity contribution in [3.63, 3.8) is 0 Å². The van der Waals surface area contributed by atoms with Crippen molar-refractivity contribution in [3.05, 3.63) is 82.8 Å². The van der Waals surface area contributed by atoms with Gasteiger partial charge in [0.2, 0.25) is 0 Å². The van der Waals surface area contributed by atoms with Crippen LogP contribution in [0.5, 0.6) is 0 Å². The fourth-order valence-electron chi connectivity index (χ4n) is 4.18. The predicted molar refractivity (Wildman–Crippen MR) is 125 cm³/mol. The maximum Gasteiger partial charge on any atom is 0.132 e. The van der Waals surface area contributed by atoms with Crippen LogP contribution in [0.3, 0.4) is 0 Å². The molecule has 1 saturated heterocycles. The van der Waals surface area contributed by atoms with Gasteiger partial charge in [0.05, 0.1) is 12.1 Å². The molecular formula is C25H22ClFN4O. The van der Waals surface area contributed by atoms with E-state index in [1.165, 1.54) is 6.07 Å². The predicted octanol–water partition coefficient (Wildman–Crippen LogP) is 5.68. The van der Waals surface area contributed by atoms with Gasteiger partial charge in [-0.25, -0.2) is 14.4 Å². The first-order valence-corrected chi connectivity index (χ1v) is 10.9. The lowest BCUT2D eigenvalue weighted by molar-refractivity contribution is 0.0397. The average Bonchev–Trinajstić information content (AvgIpc) is 2.78. The molecule has 7 heteroatoms. The molecule has 0 aliphatic carbocycles. The smallest absolute Gasteiger partial charge is 0.132 e.